The number of anilines is 2. The molecule has 2 heterocycles. The minimum Gasteiger partial charge on any atom is -0.369 e. The molecule has 0 bridgehead atoms. The normalized spacial score (nSPS) is 18.5. The second kappa shape index (κ2) is 7.38. The molecule has 5 heteroatoms. The molecule has 2 amide bonds. The summed E-state index contributed by atoms with van der Waals surface area (Å²) in [5.41, 5.74) is 3.33. The van der Waals surface area contributed by atoms with Gasteiger partial charge in [-0.3, -0.25) is 4.90 Å². The summed E-state index contributed by atoms with van der Waals surface area (Å²) in [5, 5.41) is 3.00. The number of likely N-dealkylation sites (tertiary alicyclic amines) is 1. The fourth-order valence-corrected chi connectivity index (χ4v) is 3.76. The summed E-state index contributed by atoms with van der Waals surface area (Å²) in [6.45, 7) is 7.90. The highest BCUT2D eigenvalue weighted by atomic mass is 16.2. The van der Waals surface area contributed by atoms with Crippen molar-refractivity contribution >= 4 is 17.4 Å². The SMILES string of the molecule is Cc1cccc(NC(=O)N2CC(N3CCN(c4ccccc4)CC3)C2)c1. The summed E-state index contributed by atoms with van der Waals surface area (Å²) in [4.78, 5) is 19.2. The number of piperazine rings is 1. The highest BCUT2D eigenvalue weighted by Crippen LogP contribution is 2.21. The Morgan fingerprint density at radius 3 is 2.38 bits per heavy atom. The lowest BCUT2D eigenvalue weighted by Gasteiger charge is -2.48. The Labute approximate surface area is 155 Å². The molecule has 4 rings (SSSR count). The molecular formula is C21H26N4O. The van der Waals surface area contributed by atoms with Crippen LogP contribution in [0.15, 0.2) is 54.6 Å². The second-order valence-corrected chi connectivity index (χ2v) is 7.22. The van der Waals surface area contributed by atoms with E-state index < -0.39 is 0 Å². The molecule has 2 aliphatic heterocycles. The standard InChI is InChI=1S/C21H26N4O/c1-17-6-5-7-18(14-17)22-21(26)25-15-20(16-25)24-12-10-23(11-13-24)19-8-3-2-4-9-19/h2-9,14,20H,10-13,15-16H2,1H3,(H,22,26). The van der Waals surface area contributed by atoms with Crippen LogP contribution in [-0.2, 0) is 0 Å². The lowest BCUT2D eigenvalue weighted by molar-refractivity contribution is 0.0578. The Morgan fingerprint density at radius 1 is 0.962 bits per heavy atom. The lowest BCUT2D eigenvalue weighted by atomic mass is 10.1. The van der Waals surface area contributed by atoms with Gasteiger partial charge in [-0.1, -0.05) is 30.3 Å². The summed E-state index contributed by atoms with van der Waals surface area (Å²) >= 11 is 0. The number of rotatable bonds is 3. The van der Waals surface area contributed by atoms with Crippen molar-refractivity contribution in [1.82, 2.24) is 9.80 Å². The summed E-state index contributed by atoms with van der Waals surface area (Å²) in [6, 6.07) is 19.0. The average molecular weight is 350 g/mol. The number of aryl methyl sites for hydroxylation is 1. The van der Waals surface area contributed by atoms with Gasteiger partial charge in [-0.2, -0.15) is 0 Å². The molecule has 2 aromatic carbocycles. The third-order valence-electron chi connectivity index (χ3n) is 5.37. The minimum absolute atomic E-state index is 0.00905. The van der Waals surface area contributed by atoms with Crippen LogP contribution in [-0.4, -0.2) is 61.1 Å². The Kier molecular flexibility index (Phi) is 4.80. The molecule has 0 aromatic heterocycles. The van der Waals surface area contributed by atoms with Crippen LogP contribution < -0.4 is 10.2 Å². The minimum atomic E-state index is 0.00905. The van der Waals surface area contributed by atoms with E-state index >= 15 is 0 Å². The van der Waals surface area contributed by atoms with E-state index in [1.165, 1.54) is 5.69 Å². The maximum absolute atomic E-state index is 12.4. The van der Waals surface area contributed by atoms with Gasteiger partial charge in [-0.05, 0) is 36.8 Å². The van der Waals surface area contributed by atoms with E-state index in [9.17, 15) is 4.79 Å². The predicted octanol–water partition coefficient (Wildman–Crippen LogP) is 3.03. The number of hydrogen-bond acceptors (Lipinski definition) is 3. The number of carbonyl (C=O) groups excluding carboxylic acids is 1. The summed E-state index contributed by atoms with van der Waals surface area (Å²) in [5.74, 6) is 0. The maximum atomic E-state index is 12.4. The van der Waals surface area contributed by atoms with Crippen LogP contribution in [0.5, 0.6) is 0 Å². The smallest absolute Gasteiger partial charge is 0.321 e. The van der Waals surface area contributed by atoms with Crippen molar-refractivity contribution in [3.63, 3.8) is 0 Å². The van der Waals surface area contributed by atoms with Crippen LogP contribution in [0, 0.1) is 6.92 Å². The number of amides is 2. The van der Waals surface area contributed by atoms with E-state index in [4.69, 9.17) is 0 Å². The zero-order valence-corrected chi connectivity index (χ0v) is 15.3. The van der Waals surface area contributed by atoms with Gasteiger partial charge in [0.05, 0.1) is 0 Å². The molecule has 5 nitrogen and oxygen atoms in total. The Balaban J connectivity index is 1.23. The van der Waals surface area contributed by atoms with Gasteiger partial charge >= 0.3 is 6.03 Å². The van der Waals surface area contributed by atoms with Gasteiger partial charge in [0.25, 0.3) is 0 Å². The van der Waals surface area contributed by atoms with Crippen molar-refractivity contribution in [2.45, 2.75) is 13.0 Å². The molecule has 2 aromatic rings. The van der Waals surface area contributed by atoms with Gasteiger partial charge in [0.2, 0.25) is 0 Å². The van der Waals surface area contributed by atoms with Crippen LogP contribution in [0.2, 0.25) is 0 Å². The molecule has 0 atom stereocenters. The van der Waals surface area contributed by atoms with E-state index in [1.807, 2.05) is 36.1 Å². The molecule has 1 N–H and O–H groups in total. The van der Waals surface area contributed by atoms with Crippen LogP contribution in [0.4, 0.5) is 16.2 Å². The highest BCUT2D eigenvalue weighted by Gasteiger charge is 2.36. The first kappa shape index (κ1) is 16.9. The molecule has 0 unspecified atom stereocenters. The topological polar surface area (TPSA) is 38.8 Å². The van der Waals surface area contributed by atoms with Crippen molar-refractivity contribution in [2.24, 2.45) is 0 Å². The molecule has 136 valence electrons. The van der Waals surface area contributed by atoms with E-state index in [-0.39, 0.29) is 6.03 Å². The summed E-state index contributed by atoms with van der Waals surface area (Å²) in [7, 11) is 0. The molecule has 0 saturated carbocycles. The predicted molar refractivity (Wildman–Crippen MR) is 106 cm³/mol. The van der Waals surface area contributed by atoms with Crippen LogP contribution in [0.3, 0.4) is 0 Å². The fourth-order valence-electron chi connectivity index (χ4n) is 3.76. The third-order valence-corrected chi connectivity index (χ3v) is 5.37. The highest BCUT2D eigenvalue weighted by molar-refractivity contribution is 5.90. The van der Waals surface area contributed by atoms with E-state index in [2.05, 4.69) is 45.4 Å². The van der Waals surface area contributed by atoms with Crippen molar-refractivity contribution in [3.8, 4) is 0 Å². The van der Waals surface area contributed by atoms with Crippen molar-refractivity contribution in [2.75, 3.05) is 49.5 Å². The molecule has 26 heavy (non-hydrogen) atoms. The zero-order valence-electron chi connectivity index (χ0n) is 15.3. The Morgan fingerprint density at radius 2 is 1.69 bits per heavy atom. The number of nitrogens with one attached hydrogen (secondary N) is 1. The van der Waals surface area contributed by atoms with Gasteiger partial charge in [-0.15, -0.1) is 0 Å². The van der Waals surface area contributed by atoms with Gasteiger partial charge < -0.3 is 15.1 Å². The maximum Gasteiger partial charge on any atom is 0.321 e. The second-order valence-electron chi connectivity index (χ2n) is 7.22. The number of nitrogens with zero attached hydrogens (tertiary/aromatic N) is 3. The number of benzene rings is 2. The van der Waals surface area contributed by atoms with Crippen LogP contribution in [0.25, 0.3) is 0 Å². The third kappa shape index (κ3) is 3.68. The molecule has 2 fully saturated rings. The first-order valence-electron chi connectivity index (χ1n) is 9.36. The average Bonchev–Trinajstić information content (AvgIpc) is 2.62. The molecule has 0 radical (unpaired) electrons. The lowest BCUT2D eigenvalue weighted by Crippen LogP contribution is -2.64. The number of urea groups is 1. The van der Waals surface area contributed by atoms with Gasteiger partial charge in [0, 0.05) is 56.7 Å². The van der Waals surface area contributed by atoms with Crippen LogP contribution in [0.1, 0.15) is 5.56 Å². The quantitative estimate of drug-likeness (QED) is 0.925. The first-order valence-corrected chi connectivity index (χ1v) is 9.36. The number of hydrogen-bond donors (Lipinski definition) is 1. The van der Waals surface area contributed by atoms with Gasteiger partial charge in [0.1, 0.15) is 0 Å². The molecule has 2 saturated heterocycles. The first-order chi connectivity index (χ1) is 12.7. The van der Waals surface area contributed by atoms with Crippen LogP contribution >= 0.6 is 0 Å². The molecule has 0 aliphatic carbocycles. The van der Waals surface area contributed by atoms with Crippen molar-refractivity contribution in [1.29, 1.82) is 0 Å². The van der Waals surface area contributed by atoms with E-state index in [0.29, 0.717) is 6.04 Å². The van der Waals surface area contributed by atoms with Gasteiger partial charge in [-0.25, -0.2) is 4.79 Å². The summed E-state index contributed by atoms with van der Waals surface area (Å²) < 4.78 is 0. The van der Waals surface area contributed by atoms with Crippen molar-refractivity contribution < 1.29 is 4.79 Å². The Hall–Kier alpha value is -2.53. The monoisotopic (exact) mass is 350 g/mol. The van der Waals surface area contributed by atoms with Gasteiger partial charge in [0.15, 0.2) is 0 Å². The van der Waals surface area contributed by atoms with E-state index in [1.54, 1.807) is 0 Å². The molecule has 0 spiro atoms. The number of carbonyl (C=O) groups is 1. The van der Waals surface area contributed by atoms with Crippen molar-refractivity contribution in [3.05, 3.63) is 60.2 Å². The number of para-hydroxylation sites is 1. The summed E-state index contributed by atoms with van der Waals surface area (Å²) in [6.07, 6.45) is 0. The Bertz CT molecular complexity index is 750. The largest absolute Gasteiger partial charge is 0.369 e. The fraction of sp³-hybridized carbons (Fsp3) is 0.381. The zero-order chi connectivity index (χ0) is 17.9. The molecular weight excluding hydrogens is 324 g/mol. The van der Waals surface area contributed by atoms with E-state index in [0.717, 1.165) is 50.5 Å². The molecule has 2 aliphatic rings.